The van der Waals surface area contributed by atoms with Crippen LogP contribution in [0.5, 0.6) is 11.5 Å². The van der Waals surface area contributed by atoms with Gasteiger partial charge < -0.3 is 20.1 Å². The van der Waals surface area contributed by atoms with E-state index in [2.05, 4.69) is 24.5 Å². The van der Waals surface area contributed by atoms with Crippen LogP contribution in [-0.2, 0) is 11.3 Å². The summed E-state index contributed by atoms with van der Waals surface area (Å²) in [5, 5.41) is 5.75. The predicted octanol–water partition coefficient (Wildman–Crippen LogP) is 4.79. The first-order chi connectivity index (χ1) is 14.4. The summed E-state index contributed by atoms with van der Waals surface area (Å²) < 4.78 is 11.1. The van der Waals surface area contributed by atoms with Gasteiger partial charge in [0.1, 0.15) is 0 Å². The van der Waals surface area contributed by atoms with Crippen molar-refractivity contribution in [1.82, 2.24) is 5.32 Å². The van der Waals surface area contributed by atoms with Gasteiger partial charge in [-0.2, -0.15) is 0 Å². The lowest BCUT2D eigenvalue weighted by molar-refractivity contribution is -0.116. The molecule has 6 heteroatoms. The van der Waals surface area contributed by atoms with Gasteiger partial charge in [0.25, 0.3) is 5.91 Å². The van der Waals surface area contributed by atoms with Crippen LogP contribution in [0.3, 0.4) is 0 Å². The topological polar surface area (TPSA) is 76.7 Å². The van der Waals surface area contributed by atoms with Gasteiger partial charge in [-0.1, -0.05) is 32.9 Å². The Morgan fingerprint density at radius 3 is 2.40 bits per heavy atom. The van der Waals surface area contributed by atoms with Crippen molar-refractivity contribution in [2.75, 3.05) is 19.0 Å². The average molecular weight is 413 g/mol. The van der Waals surface area contributed by atoms with E-state index in [1.807, 2.05) is 31.2 Å². The lowest BCUT2D eigenvalue weighted by atomic mass is 10.1. The largest absolute Gasteiger partial charge is 0.493 e. The summed E-state index contributed by atoms with van der Waals surface area (Å²) in [7, 11) is 1.56. The maximum absolute atomic E-state index is 12.5. The van der Waals surface area contributed by atoms with Crippen molar-refractivity contribution in [2.45, 2.75) is 46.6 Å². The molecule has 0 aliphatic heterocycles. The molecule has 2 aromatic rings. The van der Waals surface area contributed by atoms with Crippen molar-refractivity contribution in [3.05, 3.63) is 53.6 Å². The minimum Gasteiger partial charge on any atom is -0.493 e. The summed E-state index contributed by atoms with van der Waals surface area (Å²) in [6, 6.07) is 12.6. The van der Waals surface area contributed by atoms with Crippen molar-refractivity contribution in [3.8, 4) is 11.5 Å². The Kier molecular flexibility index (Phi) is 9.19. The molecule has 0 heterocycles. The van der Waals surface area contributed by atoms with Crippen LogP contribution < -0.4 is 20.1 Å². The fourth-order valence-electron chi connectivity index (χ4n) is 2.77. The highest BCUT2D eigenvalue weighted by Crippen LogP contribution is 2.28. The summed E-state index contributed by atoms with van der Waals surface area (Å²) in [5.41, 5.74) is 2.20. The second-order valence-corrected chi connectivity index (χ2v) is 7.57. The van der Waals surface area contributed by atoms with Gasteiger partial charge in [0, 0.05) is 24.2 Å². The van der Waals surface area contributed by atoms with Crippen LogP contribution in [0.2, 0.25) is 0 Å². The van der Waals surface area contributed by atoms with E-state index in [1.54, 1.807) is 25.3 Å². The van der Waals surface area contributed by atoms with E-state index in [1.165, 1.54) is 0 Å². The number of carbonyl (C=O) groups is 2. The van der Waals surface area contributed by atoms with E-state index >= 15 is 0 Å². The third-order valence-corrected chi connectivity index (χ3v) is 4.55. The zero-order valence-electron chi connectivity index (χ0n) is 18.3. The molecule has 0 aliphatic rings. The van der Waals surface area contributed by atoms with Crippen LogP contribution in [0.4, 0.5) is 5.69 Å². The lowest BCUT2D eigenvalue weighted by Gasteiger charge is -2.13. The van der Waals surface area contributed by atoms with E-state index in [0.717, 1.165) is 24.1 Å². The molecule has 2 aromatic carbocycles. The fourth-order valence-corrected chi connectivity index (χ4v) is 2.77. The number of hydrogen-bond donors (Lipinski definition) is 2. The van der Waals surface area contributed by atoms with Crippen molar-refractivity contribution in [3.63, 3.8) is 0 Å². The Morgan fingerprint density at radius 1 is 1.03 bits per heavy atom. The van der Waals surface area contributed by atoms with Gasteiger partial charge in [-0.15, -0.1) is 0 Å². The fraction of sp³-hybridized carbons (Fsp3) is 0.417. The number of benzene rings is 2. The lowest BCUT2D eigenvalue weighted by Crippen LogP contribution is -2.22. The molecule has 0 saturated carbocycles. The minimum atomic E-state index is -0.192. The summed E-state index contributed by atoms with van der Waals surface area (Å²) in [6.07, 6.45) is 2.26. The maximum atomic E-state index is 12.5. The molecule has 30 heavy (non-hydrogen) atoms. The molecule has 2 amide bonds. The number of hydrogen-bond acceptors (Lipinski definition) is 4. The first kappa shape index (κ1) is 23.3. The molecule has 0 saturated heterocycles. The standard InChI is InChI=1S/C24H32N2O4/c1-5-6-23(27)26-20-10-7-18(8-11-20)16-25-24(28)19-9-12-21(22(15-19)29-4)30-14-13-17(2)3/h7-12,15,17H,5-6,13-14,16H2,1-4H3,(H,25,28)(H,26,27). The third-order valence-electron chi connectivity index (χ3n) is 4.55. The number of rotatable bonds is 11. The van der Waals surface area contributed by atoms with Crippen LogP contribution in [0, 0.1) is 5.92 Å². The molecule has 0 radical (unpaired) electrons. The van der Waals surface area contributed by atoms with Crippen LogP contribution in [-0.4, -0.2) is 25.5 Å². The summed E-state index contributed by atoms with van der Waals surface area (Å²) >= 11 is 0. The van der Waals surface area contributed by atoms with Crippen molar-refractivity contribution < 1.29 is 19.1 Å². The number of methoxy groups -OCH3 is 1. The van der Waals surface area contributed by atoms with E-state index in [4.69, 9.17) is 9.47 Å². The highest BCUT2D eigenvalue weighted by Gasteiger charge is 2.11. The molecular weight excluding hydrogens is 380 g/mol. The third kappa shape index (κ3) is 7.43. The summed E-state index contributed by atoms with van der Waals surface area (Å²) in [5.74, 6) is 1.54. The normalized spacial score (nSPS) is 10.6. The van der Waals surface area contributed by atoms with Crippen molar-refractivity contribution in [2.24, 2.45) is 5.92 Å². The van der Waals surface area contributed by atoms with Gasteiger partial charge in [-0.3, -0.25) is 9.59 Å². The number of carbonyl (C=O) groups excluding carboxylic acids is 2. The second kappa shape index (κ2) is 11.9. The average Bonchev–Trinajstić information content (AvgIpc) is 2.73. The first-order valence-corrected chi connectivity index (χ1v) is 10.4. The van der Waals surface area contributed by atoms with Crippen molar-refractivity contribution >= 4 is 17.5 Å². The summed E-state index contributed by atoms with van der Waals surface area (Å²) in [4.78, 5) is 24.2. The number of amides is 2. The number of anilines is 1. The van der Waals surface area contributed by atoms with Crippen LogP contribution in [0.1, 0.15) is 56.0 Å². The number of nitrogens with one attached hydrogen (secondary N) is 2. The van der Waals surface area contributed by atoms with Crippen LogP contribution >= 0.6 is 0 Å². The Balaban J connectivity index is 1.91. The van der Waals surface area contributed by atoms with Gasteiger partial charge in [0.15, 0.2) is 11.5 Å². The Hall–Kier alpha value is -3.02. The van der Waals surface area contributed by atoms with Gasteiger partial charge in [-0.05, 0) is 54.7 Å². The van der Waals surface area contributed by atoms with E-state index in [-0.39, 0.29) is 11.8 Å². The molecule has 6 nitrogen and oxygen atoms in total. The Morgan fingerprint density at radius 2 is 1.77 bits per heavy atom. The van der Waals surface area contributed by atoms with Gasteiger partial charge in [0.05, 0.1) is 13.7 Å². The van der Waals surface area contributed by atoms with E-state index < -0.39 is 0 Å². The SMILES string of the molecule is CCCC(=O)Nc1ccc(CNC(=O)c2ccc(OCCC(C)C)c(OC)c2)cc1. The van der Waals surface area contributed by atoms with E-state index in [9.17, 15) is 9.59 Å². The molecule has 162 valence electrons. The molecule has 0 aliphatic carbocycles. The smallest absolute Gasteiger partial charge is 0.251 e. The van der Waals surface area contributed by atoms with Gasteiger partial charge >= 0.3 is 0 Å². The van der Waals surface area contributed by atoms with Gasteiger partial charge in [-0.25, -0.2) is 0 Å². The molecular formula is C24H32N2O4. The Labute approximate surface area is 179 Å². The van der Waals surface area contributed by atoms with Crippen molar-refractivity contribution in [1.29, 1.82) is 0 Å². The zero-order valence-corrected chi connectivity index (χ0v) is 18.3. The quantitative estimate of drug-likeness (QED) is 0.556. The van der Waals surface area contributed by atoms with Gasteiger partial charge in [0.2, 0.25) is 5.91 Å². The maximum Gasteiger partial charge on any atom is 0.251 e. The second-order valence-electron chi connectivity index (χ2n) is 7.57. The first-order valence-electron chi connectivity index (χ1n) is 10.4. The van der Waals surface area contributed by atoms with Crippen LogP contribution in [0.15, 0.2) is 42.5 Å². The molecule has 0 atom stereocenters. The highest BCUT2D eigenvalue weighted by atomic mass is 16.5. The molecule has 0 fully saturated rings. The Bertz CT molecular complexity index is 832. The molecule has 0 unspecified atom stereocenters. The predicted molar refractivity (Wildman–Crippen MR) is 119 cm³/mol. The molecule has 2 rings (SSSR count). The monoisotopic (exact) mass is 412 g/mol. The molecule has 0 bridgehead atoms. The zero-order chi connectivity index (χ0) is 21.9. The molecule has 0 aromatic heterocycles. The summed E-state index contributed by atoms with van der Waals surface area (Å²) in [6.45, 7) is 7.24. The number of ether oxygens (including phenoxy) is 2. The molecule has 2 N–H and O–H groups in total. The minimum absolute atomic E-state index is 0.00383. The molecule has 0 spiro atoms. The van der Waals surface area contributed by atoms with E-state index in [0.29, 0.717) is 42.6 Å². The highest BCUT2D eigenvalue weighted by molar-refractivity contribution is 5.95. The van der Waals surface area contributed by atoms with Crippen LogP contribution in [0.25, 0.3) is 0 Å².